The summed E-state index contributed by atoms with van der Waals surface area (Å²) >= 11 is 0. The van der Waals surface area contributed by atoms with Crippen molar-refractivity contribution in [1.29, 1.82) is 0 Å². The normalized spacial score (nSPS) is 14.5. The number of aromatic nitrogens is 1. The molecule has 0 aliphatic carbocycles. The minimum atomic E-state index is 0.733. The highest BCUT2D eigenvalue weighted by Gasteiger charge is 2.08. The molecule has 0 saturated carbocycles. The average molecular weight is 145 g/mol. The summed E-state index contributed by atoms with van der Waals surface area (Å²) in [7, 11) is 0. The summed E-state index contributed by atoms with van der Waals surface area (Å²) < 4.78 is 7.33. The molecule has 2 heteroatoms. The zero-order chi connectivity index (χ0) is 7.26. The van der Waals surface area contributed by atoms with Gasteiger partial charge in [0.1, 0.15) is 12.9 Å². The standard InChI is InChI=1S/C9H7NO/c1-2-8-4-7-5-11-6-9(7)10(8)3-1/h1-4,6H,5H2. The molecule has 2 aromatic rings. The second-order valence-electron chi connectivity index (χ2n) is 2.79. The molecule has 0 fully saturated rings. The molecule has 3 rings (SSSR count). The zero-order valence-corrected chi connectivity index (χ0v) is 5.95. The Kier molecular flexibility index (Phi) is 0.756. The molecule has 0 bridgehead atoms. The minimum absolute atomic E-state index is 0.733. The van der Waals surface area contributed by atoms with Gasteiger partial charge in [0, 0.05) is 17.3 Å². The van der Waals surface area contributed by atoms with Crippen LogP contribution < -0.4 is 5.35 Å². The molecule has 54 valence electrons. The lowest BCUT2D eigenvalue weighted by Gasteiger charge is -1.85. The Labute approximate surface area is 63.7 Å². The zero-order valence-electron chi connectivity index (χ0n) is 5.95. The van der Waals surface area contributed by atoms with Gasteiger partial charge in [0.25, 0.3) is 0 Å². The van der Waals surface area contributed by atoms with Crippen LogP contribution in [0.4, 0.5) is 0 Å². The maximum atomic E-state index is 5.19. The largest absolute Gasteiger partial charge is 0.494 e. The highest BCUT2D eigenvalue weighted by Crippen LogP contribution is 2.10. The Morgan fingerprint density at radius 1 is 1.45 bits per heavy atom. The maximum absolute atomic E-state index is 5.19. The predicted octanol–water partition coefficient (Wildman–Crippen LogP) is 0.926. The number of rotatable bonds is 0. The predicted molar refractivity (Wildman–Crippen MR) is 41.9 cm³/mol. The van der Waals surface area contributed by atoms with Gasteiger partial charge in [0.2, 0.25) is 0 Å². The lowest BCUT2D eigenvalue weighted by molar-refractivity contribution is 0.297. The SMILES string of the molecule is C1=c2c(cc3cccn23)CO1. The van der Waals surface area contributed by atoms with E-state index in [1.807, 2.05) is 12.3 Å². The first-order valence-electron chi connectivity index (χ1n) is 3.65. The molecule has 1 aliphatic heterocycles. The Morgan fingerprint density at radius 3 is 3.45 bits per heavy atom. The Hall–Kier alpha value is -1.44. The van der Waals surface area contributed by atoms with E-state index in [0.29, 0.717) is 0 Å². The molecule has 0 amide bonds. The quantitative estimate of drug-likeness (QED) is 0.537. The molecule has 0 saturated heterocycles. The minimum Gasteiger partial charge on any atom is -0.494 e. The first kappa shape index (κ1) is 5.24. The van der Waals surface area contributed by atoms with Gasteiger partial charge in [-0.25, -0.2) is 0 Å². The van der Waals surface area contributed by atoms with Crippen LogP contribution in [0.3, 0.4) is 0 Å². The summed E-state index contributed by atoms with van der Waals surface area (Å²) in [5, 5.41) is 1.20. The molecular formula is C9H7NO. The van der Waals surface area contributed by atoms with E-state index in [4.69, 9.17) is 4.74 Å². The van der Waals surface area contributed by atoms with Crippen LogP contribution >= 0.6 is 0 Å². The van der Waals surface area contributed by atoms with Gasteiger partial charge in [-0.2, -0.15) is 0 Å². The molecule has 0 unspecified atom stereocenters. The topological polar surface area (TPSA) is 13.6 Å². The van der Waals surface area contributed by atoms with Crippen molar-refractivity contribution >= 4 is 11.8 Å². The van der Waals surface area contributed by atoms with Gasteiger partial charge in [-0.15, -0.1) is 0 Å². The van der Waals surface area contributed by atoms with E-state index in [9.17, 15) is 0 Å². The first-order chi connectivity index (χ1) is 5.45. The van der Waals surface area contributed by atoms with Crippen LogP contribution in [0, 0.1) is 0 Å². The first-order valence-corrected chi connectivity index (χ1v) is 3.65. The van der Waals surface area contributed by atoms with Crippen LogP contribution in [0.2, 0.25) is 0 Å². The smallest absolute Gasteiger partial charge is 0.115 e. The molecule has 3 heterocycles. The van der Waals surface area contributed by atoms with E-state index in [-0.39, 0.29) is 0 Å². The summed E-state index contributed by atoms with van der Waals surface area (Å²) in [5.41, 5.74) is 2.55. The Balaban J connectivity index is 2.63. The Morgan fingerprint density at radius 2 is 2.45 bits per heavy atom. The van der Waals surface area contributed by atoms with Crippen molar-refractivity contribution in [2.45, 2.75) is 6.61 Å². The van der Waals surface area contributed by atoms with Crippen LogP contribution in [0.15, 0.2) is 24.4 Å². The van der Waals surface area contributed by atoms with E-state index in [0.717, 1.165) is 6.61 Å². The van der Waals surface area contributed by atoms with E-state index in [1.54, 1.807) is 0 Å². The molecule has 0 aromatic carbocycles. The summed E-state index contributed by atoms with van der Waals surface area (Å²) in [5.74, 6) is 0. The van der Waals surface area contributed by atoms with Gasteiger partial charge in [-0.05, 0) is 18.2 Å². The second kappa shape index (κ2) is 1.59. The van der Waals surface area contributed by atoms with E-state index < -0.39 is 0 Å². The summed E-state index contributed by atoms with van der Waals surface area (Å²) in [6.07, 6.45) is 3.88. The highest BCUT2D eigenvalue weighted by molar-refractivity contribution is 5.53. The lowest BCUT2D eigenvalue weighted by atomic mass is 10.3. The molecule has 0 atom stereocenters. The van der Waals surface area contributed by atoms with Gasteiger partial charge >= 0.3 is 0 Å². The van der Waals surface area contributed by atoms with Gasteiger partial charge in [-0.3, -0.25) is 0 Å². The monoisotopic (exact) mass is 145 g/mol. The summed E-state index contributed by atoms with van der Waals surface area (Å²) in [6, 6.07) is 6.31. The molecule has 1 aliphatic rings. The molecule has 0 N–H and O–H groups in total. The van der Waals surface area contributed by atoms with Crippen LogP contribution in [0.25, 0.3) is 11.8 Å². The number of hydrogen-bond acceptors (Lipinski definition) is 1. The third kappa shape index (κ3) is 0.522. The van der Waals surface area contributed by atoms with Crippen molar-refractivity contribution in [3.05, 3.63) is 35.3 Å². The van der Waals surface area contributed by atoms with Crippen molar-refractivity contribution in [3.63, 3.8) is 0 Å². The van der Waals surface area contributed by atoms with Gasteiger partial charge in [0.15, 0.2) is 0 Å². The number of fused-ring (bicyclic) bond motifs is 3. The average Bonchev–Trinajstić information content (AvgIpc) is 2.52. The second-order valence-corrected chi connectivity index (χ2v) is 2.79. The van der Waals surface area contributed by atoms with Gasteiger partial charge in [-0.1, -0.05) is 0 Å². The third-order valence-corrected chi connectivity index (χ3v) is 2.12. The van der Waals surface area contributed by atoms with Crippen molar-refractivity contribution < 1.29 is 4.74 Å². The molecule has 0 radical (unpaired) electrons. The van der Waals surface area contributed by atoms with Crippen molar-refractivity contribution in [3.8, 4) is 0 Å². The number of ether oxygens (including phenoxy) is 1. The van der Waals surface area contributed by atoms with E-state index in [1.165, 1.54) is 16.4 Å². The van der Waals surface area contributed by atoms with Crippen LogP contribution in [0.5, 0.6) is 0 Å². The summed E-state index contributed by atoms with van der Waals surface area (Å²) in [6.45, 7) is 0.733. The van der Waals surface area contributed by atoms with Crippen LogP contribution in [-0.2, 0) is 11.3 Å². The van der Waals surface area contributed by atoms with Crippen LogP contribution in [0.1, 0.15) is 5.56 Å². The maximum Gasteiger partial charge on any atom is 0.115 e. The third-order valence-electron chi connectivity index (χ3n) is 2.12. The Bertz CT molecular complexity index is 455. The fraction of sp³-hybridized carbons (Fsp3) is 0.111. The van der Waals surface area contributed by atoms with Gasteiger partial charge < -0.3 is 9.14 Å². The van der Waals surface area contributed by atoms with E-state index >= 15 is 0 Å². The highest BCUT2D eigenvalue weighted by atomic mass is 16.5. The fourth-order valence-corrected chi connectivity index (χ4v) is 1.60. The van der Waals surface area contributed by atoms with Crippen molar-refractivity contribution in [1.82, 2.24) is 4.40 Å². The number of nitrogens with zero attached hydrogens (tertiary/aromatic N) is 1. The molecular weight excluding hydrogens is 138 g/mol. The van der Waals surface area contributed by atoms with E-state index in [2.05, 4.69) is 22.7 Å². The summed E-state index contributed by atoms with van der Waals surface area (Å²) in [4.78, 5) is 0. The van der Waals surface area contributed by atoms with Gasteiger partial charge in [0.05, 0.1) is 5.35 Å². The fourth-order valence-electron chi connectivity index (χ4n) is 1.60. The molecule has 0 spiro atoms. The molecule has 2 aromatic heterocycles. The molecule has 2 nitrogen and oxygen atoms in total. The number of hydrogen-bond donors (Lipinski definition) is 0. The van der Waals surface area contributed by atoms with Crippen molar-refractivity contribution in [2.24, 2.45) is 0 Å². The van der Waals surface area contributed by atoms with Crippen molar-refractivity contribution in [2.75, 3.05) is 0 Å². The molecule has 11 heavy (non-hydrogen) atoms. The van der Waals surface area contributed by atoms with Crippen LogP contribution in [-0.4, -0.2) is 4.40 Å². The lowest BCUT2D eigenvalue weighted by Crippen LogP contribution is -2.06.